The number of rotatable bonds is 3. The van der Waals surface area contributed by atoms with Gasteiger partial charge in [0.05, 0.1) is 10.6 Å². The number of aliphatic imine (C=N–C) groups is 1. The van der Waals surface area contributed by atoms with Gasteiger partial charge in [0.2, 0.25) is 0 Å². The normalized spacial score (nSPS) is 18.4. The highest BCUT2D eigenvalue weighted by Gasteiger charge is 2.36. The Morgan fingerprint density at radius 3 is 2.75 bits per heavy atom. The molecule has 1 atom stereocenters. The van der Waals surface area contributed by atoms with Crippen LogP contribution in [0.1, 0.15) is 22.2 Å². The van der Waals surface area contributed by atoms with Gasteiger partial charge in [-0.1, -0.05) is 34.8 Å². The first kappa shape index (κ1) is 12.7. The van der Waals surface area contributed by atoms with Crippen LogP contribution in [-0.2, 0) is 6.54 Å². The maximum Gasteiger partial charge on any atom is 0.346 e. The highest BCUT2D eigenvalue weighted by atomic mass is 32.1. The number of hydrogen-bond donors (Lipinski definition) is 1. The number of carbonyl (C=O) groups excluding carboxylic acids is 1. The highest BCUT2D eigenvalue weighted by Crippen LogP contribution is 2.31. The van der Waals surface area contributed by atoms with Crippen LogP contribution in [0.25, 0.3) is 0 Å². The largest absolute Gasteiger partial charge is 0.385 e. The Balaban J connectivity index is 1.93. The molecule has 2 amide bonds. The molecule has 0 radical (unpaired) electrons. The number of benzene rings is 1. The lowest BCUT2D eigenvalue weighted by atomic mass is 10.1. The molecule has 0 saturated carbocycles. The second kappa shape index (κ2) is 5.01. The summed E-state index contributed by atoms with van der Waals surface area (Å²) in [6.07, 6.45) is 0. The van der Waals surface area contributed by atoms with Gasteiger partial charge in [-0.05, 0) is 24.0 Å². The fraction of sp³-hybridized carbons (Fsp3) is 0.231. The van der Waals surface area contributed by atoms with E-state index in [0.29, 0.717) is 12.4 Å². The Kier molecular flexibility index (Phi) is 3.19. The van der Waals surface area contributed by atoms with Crippen LogP contribution in [0.5, 0.6) is 0 Å². The van der Waals surface area contributed by atoms with Crippen LogP contribution in [0.4, 0.5) is 4.79 Å². The first-order valence-corrected chi connectivity index (χ1v) is 6.91. The Bertz CT molecular complexity index is 666. The van der Waals surface area contributed by atoms with Gasteiger partial charge in [-0.3, -0.25) is 0 Å². The number of aryl methyl sites for hydroxylation is 1. The van der Waals surface area contributed by atoms with Gasteiger partial charge >= 0.3 is 6.03 Å². The predicted molar refractivity (Wildman–Crippen MR) is 76.4 cm³/mol. The van der Waals surface area contributed by atoms with E-state index >= 15 is 0 Å². The van der Waals surface area contributed by atoms with Crippen LogP contribution < -0.4 is 5.73 Å². The van der Waals surface area contributed by atoms with Gasteiger partial charge in [0, 0.05) is 6.54 Å². The summed E-state index contributed by atoms with van der Waals surface area (Å²) in [6.45, 7) is 2.32. The molecule has 7 heteroatoms. The minimum absolute atomic E-state index is 0.306. The van der Waals surface area contributed by atoms with Crippen LogP contribution >= 0.6 is 11.5 Å². The lowest BCUT2D eigenvalue weighted by molar-refractivity contribution is 0.204. The lowest BCUT2D eigenvalue weighted by Gasteiger charge is -2.23. The van der Waals surface area contributed by atoms with Crippen molar-refractivity contribution >= 4 is 23.4 Å². The Morgan fingerprint density at radius 1 is 1.35 bits per heavy atom. The standard InChI is InChI=1S/C13H13N5OS/c1-8-11(20-17-16-8)10-12(14)15-13(19)18(10)7-9-5-3-2-4-6-9/h2-6,10H,7H2,1H3,(H2,14,15,19). The topological polar surface area (TPSA) is 84.5 Å². The number of amidine groups is 1. The molecule has 1 aromatic heterocycles. The first-order valence-electron chi connectivity index (χ1n) is 6.14. The monoisotopic (exact) mass is 287 g/mol. The van der Waals surface area contributed by atoms with Gasteiger partial charge in [-0.2, -0.15) is 4.99 Å². The molecule has 0 fully saturated rings. The summed E-state index contributed by atoms with van der Waals surface area (Å²) < 4.78 is 3.91. The van der Waals surface area contributed by atoms with Crippen molar-refractivity contribution in [3.05, 3.63) is 46.5 Å². The number of urea groups is 1. The zero-order chi connectivity index (χ0) is 14.1. The van der Waals surface area contributed by atoms with Gasteiger partial charge in [-0.25, -0.2) is 4.79 Å². The predicted octanol–water partition coefficient (Wildman–Crippen LogP) is 1.88. The van der Waals surface area contributed by atoms with Gasteiger partial charge in [0.25, 0.3) is 0 Å². The van der Waals surface area contributed by atoms with Gasteiger partial charge in [0.15, 0.2) is 0 Å². The minimum atomic E-state index is -0.359. The average Bonchev–Trinajstić information content (AvgIpc) is 2.95. The van der Waals surface area contributed by atoms with Crippen molar-refractivity contribution in [1.29, 1.82) is 0 Å². The third-order valence-electron chi connectivity index (χ3n) is 3.19. The summed E-state index contributed by atoms with van der Waals surface area (Å²) in [7, 11) is 0. The van der Waals surface area contributed by atoms with E-state index < -0.39 is 0 Å². The quantitative estimate of drug-likeness (QED) is 0.934. The molecular formula is C13H13N5OS. The molecule has 0 aliphatic carbocycles. The second-order valence-corrected chi connectivity index (χ2v) is 5.34. The maximum absolute atomic E-state index is 12.0. The molecular weight excluding hydrogens is 274 g/mol. The van der Waals surface area contributed by atoms with Crippen molar-refractivity contribution in [3.63, 3.8) is 0 Å². The van der Waals surface area contributed by atoms with E-state index in [-0.39, 0.29) is 12.1 Å². The molecule has 3 rings (SSSR count). The van der Waals surface area contributed by atoms with Crippen molar-refractivity contribution in [2.45, 2.75) is 19.5 Å². The zero-order valence-electron chi connectivity index (χ0n) is 10.9. The van der Waals surface area contributed by atoms with Crippen LogP contribution in [0.3, 0.4) is 0 Å². The number of hydrogen-bond acceptors (Lipinski definition) is 5. The summed E-state index contributed by atoms with van der Waals surface area (Å²) in [5.74, 6) is 0.306. The summed E-state index contributed by atoms with van der Waals surface area (Å²) in [6, 6.07) is 9.08. The molecule has 0 bridgehead atoms. The molecule has 1 unspecified atom stereocenters. The molecule has 2 heterocycles. The fourth-order valence-electron chi connectivity index (χ4n) is 2.21. The molecule has 20 heavy (non-hydrogen) atoms. The van der Waals surface area contributed by atoms with Gasteiger partial charge in [-0.15, -0.1) is 5.10 Å². The molecule has 1 aliphatic rings. The minimum Gasteiger partial charge on any atom is -0.385 e. The molecule has 102 valence electrons. The second-order valence-electron chi connectivity index (χ2n) is 4.56. The Hall–Kier alpha value is -2.28. The van der Waals surface area contributed by atoms with Crippen LogP contribution in [0.15, 0.2) is 35.3 Å². The molecule has 1 aromatic carbocycles. The number of carbonyl (C=O) groups is 1. The van der Waals surface area contributed by atoms with E-state index in [2.05, 4.69) is 14.6 Å². The van der Waals surface area contributed by atoms with E-state index in [1.54, 1.807) is 4.90 Å². The van der Waals surface area contributed by atoms with Gasteiger partial charge < -0.3 is 10.6 Å². The van der Waals surface area contributed by atoms with E-state index in [1.165, 1.54) is 11.5 Å². The zero-order valence-corrected chi connectivity index (χ0v) is 11.7. The van der Waals surface area contributed by atoms with Crippen molar-refractivity contribution in [3.8, 4) is 0 Å². The molecule has 2 N–H and O–H groups in total. The number of amides is 2. The van der Waals surface area contributed by atoms with Crippen molar-refractivity contribution in [1.82, 2.24) is 14.5 Å². The van der Waals surface area contributed by atoms with E-state index in [4.69, 9.17) is 5.73 Å². The fourth-order valence-corrected chi connectivity index (χ4v) is 2.98. The summed E-state index contributed by atoms with van der Waals surface area (Å²) in [4.78, 5) is 18.4. The summed E-state index contributed by atoms with van der Waals surface area (Å²) in [5.41, 5.74) is 7.73. The maximum atomic E-state index is 12.0. The van der Waals surface area contributed by atoms with Crippen molar-refractivity contribution in [2.24, 2.45) is 10.7 Å². The molecule has 0 saturated heterocycles. The number of nitrogens with zero attached hydrogens (tertiary/aromatic N) is 4. The third-order valence-corrected chi connectivity index (χ3v) is 4.07. The van der Waals surface area contributed by atoms with Crippen LogP contribution in [0.2, 0.25) is 0 Å². The van der Waals surface area contributed by atoms with Crippen molar-refractivity contribution < 1.29 is 4.79 Å². The third kappa shape index (κ3) is 2.16. The summed E-state index contributed by atoms with van der Waals surface area (Å²) in [5, 5.41) is 3.98. The van der Waals surface area contributed by atoms with Crippen LogP contribution in [0, 0.1) is 6.92 Å². The number of nitrogens with two attached hydrogens (primary N) is 1. The first-order chi connectivity index (χ1) is 9.66. The smallest absolute Gasteiger partial charge is 0.346 e. The van der Waals surface area contributed by atoms with E-state index in [0.717, 1.165) is 16.1 Å². The van der Waals surface area contributed by atoms with E-state index in [9.17, 15) is 4.79 Å². The Morgan fingerprint density at radius 2 is 2.10 bits per heavy atom. The highest BCUT2D eigenvalue weighted by molar-refractivity contribution is 7.05. The van der Waals surface area contributed by atoms with Crippen LogP contribution in [-0.4, -0.2) is 26.4 Å². The number of aromatic nitrogens is 2. The Labute approximate surface area is 120 Å². The average molecular weight is 287 g/mol. The molecule has 0 spiro atoms. The SMILES string of the molecule is Cc1nnsc1C1C(N)=NC(=O)N1Cc1ccccc1. The molecule has 1 aliphatic heterocycles. The lowest BCUT2D eigenvalue weighted by Crippen LogP contribution is -2.32. The van der Waals surface area contributed by atoms with Crippen molar-refractivity contribution in [2.75, 3.05) is 0 Å². The van der Waals surface area contributed by atoms with Gasteiger partial charge in [0.1, 0.15) is 11.9 Å². The molecule has 2 aromatic rings. The summed E-state index contributed by atoms with van der Waals surface area (Å²) >= 11 is 1.25. The van der Waals surface area contributed by atoms with E-state index in [1.807, 2.05) is 37.3 Å². The molecule has 6 nitrogen and oxygen atoms in total.